The molecule has 0 amide bonds. The van der Waals surface area contributed by atoms with Crippen molar-refractivity contribution in [3.8, 4) is 17.2 Å². The Labute approximate surface area is 222 Å². The molecule has 4 aromatic rings. The number of allylic oxidation sites excluding steroid dienone is 2. The summed E-state index contributed by atoms with van der Waals surface area (Å²) in [5, 5.41) is 17.7. The lowest BCUT2D eigenvalue weighted by Gasteiger charge is -2.31. The molecule has 0 bridgehead atoms. The third-order valence-corrected chi connectivity index (χ3v) is 7.36. The van der Waals surface area contributed by atoms with Crippen molar-refractivity contribution >= 4 is 0 Å². The highest BCUT2D eigenvalue weighted by molar-refractivity contribution is 5.57. The van der Waals surface area contributed by atoms with Crippen LogP contribution in [0.3, 0.4) is 0 Å². The number of hydrogen-bond donors (Lipinski definition) is 2. The van der Waals surface area contributed by atoms with Crippen LogP contribution in [0.25, 0.3) is 17.2 Å². The lowest BCUT2D eigenvalue weighted by Crippen LogP contribution is -2.36. The zero-order valence-electron chi connectivity index (χ0n) is 22.6. The number of hydrogen-bond acceptors (Lipinski definition) is 5. The Kier molecular flexibility index (Phi) is 7.18. The lowest BCUT2D eigenvalue weighted by molar-refractivity contribution is 0.494. The second-order valence-electron chi connectivity index (χ2n) is 10.2. The molecule has 9 heteroatoms. The van der Waals surface area contributed by atoms with Crippen LogP contribution in [0, 0.1) is 0 Å². The van der Waals surface area contributed by atoms with E-state index in [1.807, 2.05) is 33.7 Å². The molecule has 9 nitrogen and oxygen atoms in total. The van der Waals surface area contributed by atoms with Crippen molar-refractivity contribution in [1.29, 1.82) is 0 Å². The van der Waals surface area contributed by atoms with Gasteiger partial charge in [-0.3, -0.25) is 9.13 Å². The Balaban J connectivity index is 1.65. The first kappa shape index (κ1) is 25.5. The predicted octanol–water partition coefficient (Wildman–Crippen LogP) is 4.68. The number of benzene rings is 1. The van der Waals surface area contributed by atoms with Gasteiger partial charge in [0.1, 0.15) is 5.82 Å². The van der Waals surface area contributed by atoms with Gasteiger partial charge in [0.15, 0.2) is 0 Å². The SMILES string of the molecule is CCCCc1cn(-c2c(CC)ccn2C(C)C)c(=O)n1CC1(c2cccc(-c3nn[nH]n3)c2)C=CNC=C1. The lowest BCUT2D eigenvalue weighted by atomic mass is 9.78. The van der Waals surface area contributed by atoms with Gasteiger partial charge >= 0.3 is 5.69 Å². The number of H-pyrrole nitrogens is 1. The van der Waals surface area contributed by atoms with Gasteiger partial charge in [0, 0.05) is 36.2 Å². The Morgan fingerprint density at radius 1 is 1.11 bits per heavy atom. The molecule has 2 N–H and O–H groups in total. The van der Waals surface area contributed by atoms with Crippen LogP contribution < -0.4 is 11.0 Å². The van der Waals surface area contributed by atoms with Crippen molar-refractivity contribution in [3.05, 3.63) is 94.6 Å². The number of nitrogens with one attached hydrogen (secondary N) is 2. The van der Waals surface area contributed by atoms with E-state index >= 15 is 0 Å². The molecular weight excluding hydrogens is 476 g/mol. The van der Waals surface area contributed by atoms with Crippen LogP contribution in [0.4, 0.5) is 0 Å². The van der Waals surface area contributed by atoms with Crippen LogP contribution in [0.15, 0.2) is 72.1 Å². The van der Waals surface area contributed by atoms with E-state index in [0.29, 0.717) is 12.4 Å². The number of aromatic amines is 1. The summed E-state index contributed by atoms with van der Waals surface area (Å²) < 4.78 is 6.03. The first-order chi connectivity index (χ1) is 18.5. The minimum Gasteiger partial charge on any atom is -0.368 e. The van der Waals surface area contributed by atoms with E-state index in [0.717, 1.165) is 48.3 Å². The summed E-state index contributed by atoms with van der Waals surface area (Å²) in [5.41, 5.74) is 3.59. The molecule has 0 saturated heterocycles. The van der Waals surface area contributed by atoms with Crippen LogP contribution in [0.2, 0.25) is 0 Å². The zero-order chi connectivity index (χ0) is 26.7. The second kappa shape index (κ2) is 10.7. The highest BCUT2D eigenvalue weighted by Gasteiger charge is 2.32. The molecule has 0 unspecified atom stereocenters. The topological polar surface area (TPSA) is 98.4 Å². The van der Waals surface area contributed by atoms with Crippen LogP contribution >= 0.6 is 0 Å². The van der Waals surface area contributed by atoms with Gasteiger partial charge in [-0.1, -0.05) is 50.6 Å². The molecule has 0 aliphatic carbocycles. The fourth-order valence-electron chi connectivity index (χ4n) is 5.25. The number of aryl methyl sites for hydroxylation is 2. The minimum atomic E-state index is -0.532. The number of dihydropyridines is 1. The number of imidazole rings is 1. The summed E-state index contributed by atoms with van der Waals surface area (Å²) in [6.07, 6.45) is 16.1. The van der Waals surface area contributed by atoms with Gasteiger partial charge in [-0.15, -0.1) is 10.2 Å². The monoisotopic (exact) mass is 512 g/mol. The van der Waals surface area contributed by atoms with Crippen molar-refractivity contribution < 1.29 is 0 Å². The van der Waals surface area contributed by atoms with Gasteiger partial charge in [0.2, 0.25) is 5.82 Å². The summed E-state index contributed by atoms with van der Waals surface area (Å²) in [6, 6.07) is 10.5. The van der Waals surface area contributed by atoms with E-state index in [4.69, 9.17) is 0 Å². The van der Waals surface area contributed by atoms with Crippen LogP contribution in [0.5, 0.6) is 0 Å². The summed E-state index contributed by atoms with van der Waals surface area (Å²) in [7, 11) is 0. The molecule has 0 saturated carbocycles. The van der Waals surface area contributed by atoms with Gasteiger partial charge in [0.25, 0.3) is 0 Å². The van der Waals surface area contributed by atoms with Gasteiger partial charge < -0.3 is 9.88 Å². The van der Waals surface area contributed by atoms with Gasteiger partial charge in [-0.05, 0) is 74.0 Å². The smallest absolute Gasteiger partial charge is 0.334 e. The minimum absolute atomic E-state index is 0.0135. The predicted molar refractivity (Wildman–Crippen MR) is 149 cm³/mol. The standard InChI is InChI=1S/C29H36N8O/c1-5-7-11-25-19-36(27-22(6-2)12-17-35(27)21(3)4)28(38)37(25)20-29(13-15-30-16-14-29)24-10-8-9-23(18-24)26-31-33-34-32-26/h8-10,12-19,21,30H,5-7,11,20H2,1-4H3,(H,31,32,33,34). The van der Waals surface area contributed by atoms with E-state index in [1.165, 1.54) is 5.56 Å². The number of unbranched alkanes of at least 4 members (excludes halogenated alkanes) is 1. The number of nitrogens with zero attached hydrogens (tertiary/aromatic N) is 6. The van der Waals surface area contributed by atoms with Crippen LogP contribution in [-0.4, -0.2) is 34.3 Å². The molecule has 1 aliphatic heterocycles. The second-order valence-corrected chi connectivity index (χ2v) is 10.2. The van der Waals surface area contributed by atoms with Crippen molar-refractivity contribution in [2.45, 2.75) is 71.4 Å². The van der Waals surface area contributed by atoms with Crippen molar-refractivity contribution in [2.24, 2.45) is 0 Å². The molecule has 0 atom stereocenters. The van der Waals surface area contributed by atoms with E-state index in [-0.39, 0.29) is 11.7 Å². The van der Waals surface area contributed by atoms with Gasteiger partial charge in [0.05, 0.1) is 5.41 Å². The maximum Gasteiger partial charge on any atom is 0.334 e. The normalized spacial score (nSPS) is 14.3. The van der Waals surface area contributed by atoms with Crippen LogP contribution in [-0.2, 0) is 24.8 Å². The summed E-state index contributed by atoms with van der Waals surface area (Å²) in [6.45, 7) is 9.10. The Morgan fingerprint density at radius 2 is 1.92 bits per heavy atom. The molecule has 0 spiro atoms. The van der Waals surface area contributed by atoms with Crippen molar-refractivity contribution in [2.75, 3.05) is 0 Å². The first-order valence-electron chi connectivity index (χ1n) is 13.4. The molecule has 5 rings (SSSR count). The fourth-order valence-corrected chi connectivity index (χ4v) is 5.25. The third kappa shape index (κ3) is 4.64. The fraction of sp³-hybridized carbons (Fsp3) is 0.379. The van der Waals surface area contributed by atoms with Crippen molar-refractivity contribution in [3.63, 3.8) is 0 Å². The maximum absolute atomic E-state index is 14.2. The molecular formula is C29H36N8O. The average Bonchev–Trinajstić information content (AvgIpc) is 3.68. The molecule has 0 radical (unpaired) electrons. The number of tetrazole rings is 1. The summed E-state index contributed by atoms with van der Waals surface area (Å²) in [4.78, 5) is 14.2. The molecule has 1 aromatic carbocycles. The maximum atomic E-state index is 14.2. The van der Waals surface area contributed by atoms with E-state index in [9.17, 15) is 4.79 Å². The quantitative estimate of drug-likeness (QED) is 0.322. The van der Waals surface area contributed by atoms with E-state index in [1.54, 1.807) is 0 Å². The molecule has 38 heavy (non-hydrogen) atoms. The van der Waals surface area contributed by atoms with Gasteiger partial charge in [-0.2, -0.15) is 5.21 Å². The molecule has 0 fully saturated rings. The summed E-state index contributed by atoms with van der Waals surface area (Å²) in [5.74, 6) is 1.51. The highest BCUT2D eigenvalue weighted by atomic mass is 16.1. The van der Waals surface area contributed by atoms with Gasteiger partial charge in [-0.25, -0.2) is 4.79 Å². The zero-order valence-corrected chi connectivity index (χ0v) is 22.6. The number of rotatable bonds is 10. The highest BCUT2D eigenvalue weighted by Crippen LogP contribution is 2.34. The number of aromatic nitrogens is 7. The Bertz CT molecular complexity index is 1490. The Morgan fingerprint density at radius 3 is 2.61 bits per heavy atom. The van der Waals surface area contributed by atoms with Crippen LogP contribution in [0.1, 0.15) is 63.4 Å². The molecule has 4 heterocycles. The van der Waals surface area contributed by atoms with Crippen molar-refractivity contribution in [1.82, 2.24) is 39.6 Å². The first-order valence-corrected chi connectivity index (χ1v) is 13.4. The molecule has 3 aromatic heterocycles. The molecule has 198 valence electrons. The average molecular weight is 513 g/mol. The molecule has 1 aliphatic rings. The largest absolute Gasteiger partial charge is 0.368 e. The van der Waals surface area contributed by atoms with E-state index < -0.39 is 5.41 Å². The van der Waals surface area contributed by atoms with E-state index in [2.05, 4.69) is 101 Å². The summed E-state index contributed by atoms with van der Waals surface area (Å²) >= 11 is 0. The third-order valence-electron chi connectivity index (χ3n) is 7.36. The Hall–Kier alpha value is -4.14.